The van der Waals surface area contributed by atoms with E-state index in [0.717, 1.165) is 6.42 Å². The van der Waals surface area contributed by atoms with Crippen LogP contribution in [0.25, 0.3) is 0 Å². The standard InChI is InChI=1S/C14H17.2CH3.2ClH.H2Si.Zr/c1-10-9-14(4,12(3)11(10)2)13-7-5-6-8-13;;;;;;/h5-7H,8H2,1-4H3;2*1H3;2*1H;1H2;/q3*-1;;;;. The van der Waals surface area contributed by atoms with Crippen molar-refractivity contribution in [3.05, 3.63) is 61.4 Å². The molecule has 0 saturated heterocycles. The number of allylic oxidation sites excluding steroid dienone is 8. The summed E-state index contributed by atoms with van der Waals surface area (Å²) in [6.07, 6.45) is 11.3. The van der Waals surface area contributed by atoms with Crippen LogP contribution in [0.1, 0.15) is 34.1 Å². The molecule has 2 rings (SSSR count). The van der Waals surface area contributed by atoms with Gasteiger partial charge in [0.05, 0.1) is 0 Å². The van der Waals surface area contributed by atoms with Crippen LogP contribution in [0.15, 0.2) is 40.5 Å². The summed E-state index contributed by atoms with van der Waals surface area (Å²) in [7, 11) is 0. The molecule has 0 saturated carbocycles. The molecule has 0 aliphatic heterocycles. The van der Waals surface area contributed by atoms with Crippen molar-refractivity contribution in [3.8, 4) is 0 Å². The molecule has 0 nitrogen and oxygen atoms in total. The van der Waals surface area contributed by atoms with E-state index in [4.69, 9.17) is 0 Å². The van der Waals surface area contributed by atoms with Crippen LogP contribution in [-0.4, -0.2) is 6.88 Å². The minimum absolute atomic E-state index is 0. The molecule has 0 amide bonds. The van der Waals surface area contributed by atoms with Crippen LogP contribution in [0, 0.1) is 26.3 Å². The molecule has 2 aliphatic carbocycles. The zero-order valence-corrected chi connectivity index (χ0v) is 19.0. The Bertz CT molecular complexity index is 422. The first kappa shape index (κ1) is 28.8. The quantitative estimate of drug-likeness (QED) is 0.431. The molecule has 20 heavy (non-hydrogen) atoms. The number of rotatable bonds is 1. The van der Waals surface area contributed by atoms with E-state index < -0.39 is 0 Å². The predicted octanol–water partition coefficient (Wildman–Crippen LogP) is 4.80. The van der Waals surface area contributed by atoms with Crippen LogP contribution in [0.3, 0.4) is 0 Å². The Labute approximate surface area is 155 Å². The number of hydrogen-bond acceptors (Lipinski definition) is 0. The average Bonchev–Trinajstić information content (AvgIpc) is 2.88. The topological polar surface area (TPSA) is 0 Å². The van der Waals surface area contributed by atoms with Crippen molar-refractivity contribution in [2.45, 2.75) is 34.1 Å². The molecule has 0 radical (unpaired) electrons. The SMILES string of the molecule is CC1=[C-]C(C)(C2=CC=CC2)C(C)=C1C.Cl.Cl.[CH3-].[CH3-].[SiH2]=[Zr]. The summed E-state index contributed by atoms with van der Waals surface area (Å²) < 4.78 is 0. The molecule has 4 heteroatoms. The summed E-state index contributed by atoms with van der Waals surface area (Å²) in [5.74, 6) is 0. The first-order valence-electron chi connectivity index (χ1n) is 5.57. The van der Waals surface area contributed by atoms with Crippen LogP contribution >= 0.6 is 24.8 Å². The molecule has 0 aromatic rings. The minimum atomic E-state index is 0. The molecule has 2 aliphatic rings. The van der Waals surface area contributed by atoms with Crippen molar-refractivity contribution in [2.24, 2.45) is 5.41 Å². The summed E-state index contributed by atoms with van der Waals surface area (Å²) in [4.78, 5) is 0. The number of hydrogen-bond donors (Lipinski definition) is 0. The van der Waals surface area contributed by atoms with Gasteiger partial charge < -0.3 is 14.9 Å². The van der Waals surface area contributed by atoms with Gasteiger partial charge in [-0.3, -0.25) is 6.08 Å². The second kappa shape index (κ2) is 12.2. The molecule has 0 bridgehead atoms. The number of halogens is 2. The van der Waals surface area contributed by atoms with Gasteiger partial charge in [0.15, 0.2) is 0 Å². The summed E-state index contributed by atoms with van der Waals surface area (Å²) in [5, 5.41) is 0. The van der Waals surface area contributed by atoms with Crippen molar-refractivity contribution in [1.29, 1.82) is 0 Å². The van der Waals surface area contributed by atoms with Gasteiger partial charge in [-0.1, -0.05) is 50.0 Å². The normalized spacial score (nSPS) is 21.9. The van der Waals surface area contributed by atoms with Crippen molar-refractivity contribution >= 4 is 31.7 Å². The summed E-state index contributed by atoms with van der Waals surface area (Å²) in [6, 6.07) is 0. The molecular formula is C16H27Cl2SiZr-3. The van der Waals surface area contributed by atoms with Gasteiger partial charge in [0.1, 0.15) is 0 Å². The van der Waals surface area contributed by atoms with E-state index in [9.17, 15) is 0 Å². The fraction of sp³-hybridized carbons (Fsp3) is 0.375. The Morgan fingerprint density at radius 2 is 1.65 bits per heavy atom. The van der Waals surface area contributed by atoms with Gasteiger partial charge in [-0.2, -0.15) is 11.1 Å². The third-order valence-corrected chi connectivity index (χ3v) is 3.73. The van der Waals surface area contributed by atoms with Crippen molar-refractivity contribution in [2.75, 3.05) is 0 Å². The maximum atomic E-state index is 3.61. The third kappa shape index (κ3) is 5.44. The van der Waals surface area contributed by atoms with Gasteiger partial charge in [-0.25, -0.2) is 5.57 Å². The van der Waals surface area contributed by atoms with E-state index in [1.807, 2.05) is 6.88 Å². The first-order chi connectivity index (χ1) is 7.55. The summed E-state index contributed by atoms with van der Waals surface area (Å²) in [6.45, 7) is 10.8. The molecular weight excluding hydrogens is 382 g/mol. The zero-order valence-electron chi connectivity index (χ0n) is 13.5. The van der Waals surface area contributed by atoms with Gasteiger partial charge >= 0.3 is 30.2 Å². The van der Waals surface area contributed by atoms with Gasteiger partial charge in [-0.05, 0) is 6.42 Å². The van der Waals surface area contributed by atoms with E-state index in [0.29, 0.717) is 0 Å². The van der Waals surface area contributed by atoms with Gasteiger partial charge in [0.25, 0.3) is 0 Å². The van der Waals surface area contributed by atoms with Gasteiger partial charge in [0, 0.05) is 0 Å². The van der Waals surface area contributed by atoms with Crippen LogP contribution in [-0.2, 0) is 23.3 Å². The Kier molecular flexibility index (Phi) is 17.6. The Balaban J connectivity index is -0.000000204. The molecule has 1 atom stereocenters. The predicted molar refractivity (Wildman–Crippen MR) is 96.6 cm³/mol. The molecule has 116 valence electrons. The van der Waals surface area contributed by atoms with Crippen molar-refractivity contribution in [3.63, 3.8) is 0 Å². The molecule has 0 fully saturated rings. The van der Waals surface area contributed by atoms with Gasteiger partial charge in [-0.15, -0.1) is 31.7 Å². The van der Waals surface area contributed by atoms with Crippen molar-refractivity contribution < 1.29 is 23.3 Å². The van der Waals surface area contributed by atoms with E-state index >= 15 is 0 Å². The molecule has 0 spiro atoms. The average molecular weight is 410 g/mol. The molecule has 0 heterocycles. The first-order valence-corrected chi connectivity index (χ1v) is 11.5. The van der Waals surface area contributed by atoms with E-state index in [1.165, 1.54) is 22.3 Å². The monoisotopic (exact) mass is 407 g/mol. The van der Waals surface area contributed by atoms with Crippen LogP contribution in [0.5, 0.6) is 0 Å². The molecule has 0 aromatic carbocycles. The van der Waals surface area contributed by atoms with Crippen LogP contribution in [0.4, 0.5) is 0 Å². The fourth-order valence-electron chi connectivity index (χ4n) is 2.36. The summed E-state index contributed by atoms with van der Waals surface area (Å²) in [5.41, 5.74) is 5.74. The second-order valence-electron chi connectivity index (χ2n) is 4.45. The van der Waals surface area contributed by atoms with Crippen LogP contribution < -0.4 is 0 Å². The van der Waals surface area contributed by atoms with Crippen molar-refractivity contribution in [1.82, 2.24) is 0 Å². The Morgan fingerprint density at radius 3 is 1.95 bits per heavy atom. The Hall–Kier alpha value is 0.640. The Morgan fingerprint density at radius 1 is 1.15 bits per heavy atom. The maximum absolute atomic E-state index is 3.61. The van der Waals surface area contributed by atoms with Gasteiger partial charge in [0.2, 0.25) is 0 Å². The molecule has 1 unspecified atom stereocenters. The summed E-state index contributed by atoms with van der Waals surface area (Å²) >= 11 is 1.58. The van der Waals surface area contributed by atoms with E-state index in [1.54, 1.807) is 23.3 Å². The van der Waals surface area contributed by atoms with E-state index in [2.05, 4.69) is 52.0 Å². The van der Waals surface area contributed by atoms with Crippen LogP contribution in [0.2, 0.25) is 0 Å². The second-order valence-corrected chi connectivity index (χ2v) is 4.45. The molecule has 0 aromatic heterocycles. The van der Waals surface area contributed by atoms with E-state index in [-0.39, 0.29) is 45.1 Å². The third-order valence-electron chi connectivity index (χ3n) is 3.73. The zero-order chi connectivity index (χ0) is 12.3. The molecule has 0 N–H and O–H groups in total. The fourth-order valence-corrected chi connectivity index (χ4v) is 2.36.